The quantitative estimate of drug-likeness (QED) is 0.698. The van der Waals surface area contributed by atoms with Crippen LogP contribution in [0.5, 0.6) is 0 Å². The molecule has 1 aromatic heterocycles. The number of pyridine rings is 1. The van der Waals surface area contributed by atoms with Crippen molar-refractivity contribution in [3.05, 3.63) is 53.2 Å². The van der Waals surface area contributed by atoms with Crippen molar-refractivity contribution in [3.63, 3.8) is 0 Å². The van der Waals surface area contributed by atoms with Gasteiger partial charge < -0.3 is 15.1 Å². The molecule has 2 aromatic rings. The Kier molecular flexibility index (Phi) is 6.84. The summed E-state index contributed by atoms with van der Waals surface area (Å²) < 4.78 is 29.9. The first-order valence-corrected chi connectivity index (χ1v) is 11.4. The van der Waals surface area contributed by atoms with Crippen LogP contribution in [0.4, 0.5) is 16.3 Å². The van der Waals surface area contributed by atoms with Gasteiger partial charge in [-0.25, -0.2) is 9.78 Å². The molecule has 0 aliphatic carbocycles. The SMILES string of the molecule is COS(=O)(=O)C1CN(c2ncccc2Cl)CCN1C(=O)Nc1ccc(C(C)C)cc1. The molecule has 1 N–H and O–H groups in total. The molecule has 1 aliphatic rings. The molecule has 10 heteroatoms. The first-order chi connectivity index (χ1) is 14.2. The number of nitrogens with one attached hydrogen (secondary N) is 1. The van der Waals surface area contributed by atoms with Crippen LogP contribution in [0.25, 0.3) is 0 Å². The Labute approximate surface area is 181 Å². The second-order valence-corrected chi connectivity index (χ2v) is 9.54. The molecule has 0 spiro atoms. The van der Waals surface area contributed by atoms with E-state index in [0.717, 1.165) is 12.7 Å². The normalized spacial score (nSPS) is 17.3. The lowest BCUT2D eigenvalue weighted by Gasteiger charge is -2.40. The number of halogens is 1. The lowest BCUT2D eigenvalue weighted by Crippen LogP contribution is -2.59. The lowest BCUT2D eigenvalue weighted by atomic mass is 10.0. The highest BCUT2D eigenvalue weighted by Crippen LogP contribution is 2.27. The summed E-state index contributed by atoms with van der Waals surface area (Å²) >= 11 is 6.22. The summed E-state index contributed by atoms with van der Waals surface area (Å²) in [6, 6.07) is 10.3. The fourth-order valence-electron chi connectivity index (χ4n) is 3.29. The number of amides is 2. The topological polar surface area (TPSA) is 91.8 Å². The number of aromatic nitrogens is 1. The molecule has 2 amide bonds. The van der Waals surface area contributed by atoms with Crippen molar-refractivity contribution < 1.29 is 17.4 Å². The monoisotopic (exact) mass is 452 g/mol. The Hall–Kier alpha value is -2.36. The van der Waals surface area contributed by atoms with Crippen molar-refractivity contribution in [2.24, 2.45) is 0 Å². The van der Waals surface area contributed by atoms with Gasteiger partial charge in [0.1, 0.15) is 5.82 Å². The van der Waals surface area contributed by atoms with E-state index in [1.807, 2.05) is 12.1 Å². The van der Waals surface area contributed by atoms with Gasteiger partial charge in [-0.05, 0) is 35.7 Å². The van der Waals surface area contributed by atoms with Gasteiger partial charge in [0.2, 0.25) is 0 Å². The van der Waals surface area contributed by atoms with Gasteiger partial charge in [0, 0.05) is 25.0 Å². The Bertz CT molecular complexity index is 998. The van der Waals surface area contributed by atoms with E-state index in [9.17, 15) is 13.2 Å². The van der Waals surface area contributed by atoms with Gasteiger partial charge in [-0.1, -0.05) is 37.6 Å². The van der Waals surface area contributed by atoms with Crippen LogP contribution in [0, 0.1) is 0 Å². The summed E-state index contributed by atoms with van der Waals surface area (Å²) in [5, 5.41) is 1.98. The maximum atomic E-state index is 12.9. The number of carbonyl (C=O) groups is 1. The number of urea groups is 1. The number of piperazine rings is 1. The van der Waals surface area contributed by atoms with Crippen LogP contribution >= 0.6 is 11.6 Å². The van der Waals surface area contributed by atoms with Gasteiger partial charge in [-0.15, -0.1) is 0 Å². The number of hydrogen-bond acceptors (Lipinski definition) is 6. The van der Waals surface area contributed by atoms with Gasteiger partial charge in [0.15, 0.2) is 5.37 Å². The van der Waals surface area contributed by atoms with Gasteiger partial charge in [0.05, 0.1) is 18.7 Å². The van der Waals surface area contributed by atoms with Crippen LogP contribution < -0.4 is 10.2 Å². The van der Waals surface area contributed by atoms with Crippen LogP contribution in [-0.2, 0) is 14.3 Å². The zero-order valence-corrected chi connectivity index (χ0v) is 18.7. The van der Waals surface area contributed by atoms with E-state index < -0.39 is 21.5 Å². The van der Waals surface area contributed by atoms with E-state index in [1.165, 1.54) is 4.90 Å². The summed E-state index contributed by atoms with van der Waals surface area (Å²) in [7, 11) is -2.94. The molecule has 1 atom stereocenters. The van der Waals surface area contributed by atoms with E-state index in [2.05, 4.69) is 24.1 Å². The number of nitrogens with zero attached hydrogens (tertiary/aromatic N) is 3. The minimum Gasteiger partial charge on any atom is -0.350 e. The zero-order chi connectivity index (χ0) is 21.9. The molecule has 2 heterocycles. The summed E-state index contributed by atoms with van der Waals surface area (Å²) in [5.41, 5.74) is 1.74. The number of benzene rings is 1. The van der Waals surface area contributed by atoms with Crippen molar-refractivity contribution in [2.45, 2.75) is 25.1 Å². The van der Waals surface area contributed by atoms with E-state index >= 15 is 0 Å². The Morgan fingerprint density at radius 1 is 1.23 bits per heavy atom. The highest BCUT2D eigenvalue weighted by Gasteiger charge is 2.40. The molecular weight excluding hydrogens is 428 g/mol. The molecule has 0 bridgehead atoms. The fourth-order valence-corrected chi connectivity index (χ4v) is 4.63. The number of anilines is 2. The number of carbonyl (C=O) groups excluding carboxylic acids is 1. The highest BCUT2D eigenvalue weighted by molar-refractivity contribution is 7.87. The molecule has 1 aliphatic heterocycles. The van der Waals surface area contributed by atoms with Crippen molar-refractivity contribution in [3.8, 4) is 0 Å². The summed E-state index contributed by atoms with van der Waals surface area (Å²) in [5.74, 6) is 0.845. The standard InChI is InChI=1S/C20H25ClN4O4S/c1-14(2)15-6-8-16(9-7-15)23-20(26)25-12-11-24(13-18(25)30(27,28)29-3)19-17(21)5-4-10-22-19/h4-10,14,18H,11-13H2,1-3H3,(H,23,26). The number of rotatable bonds is 5. The van der Waals surface area contributed by atoms with Crippen molar-refractivity contribution in [2.75, 3.05) is 37.0 Å². The average Bonchev–Trinajstić information content (AvgIpc) is 2.74. The molecular formula is C20H25ClN4O4S. The van der Waals surface area contributed by atoms with Gasteiger partial charge in [-0.3, -0.25) is 4.18 Å². The summed E-state index contributed by atoms with van der Waals surface area (Å²) in [6.07, 6.45) is 1.58. The van der Waals surface area contributed by atoms with Crippen molar-refractivity contribution in [1.29, 1.82) is 0 Å². The molecule has 0 saturated carbocycles. The van der Waals surface area contributed by atoms with Gasteiger partial charge >= 0.3 is 6.03 Å². The third-order valence-electron chi connectivity index (χ3n) is 5.03. The van der Waals surface area contributed by atoms with E-state index in [0.29, 0.717) is 29.0 Å². The van der Waals surface area contributed by atoms with Crippen LogP contribution in [0.15, 0.2) is 42.6 Å². The third kappa shape index (κ3) is 4.85. The molecule has 30 heavy (non-hydrogen) atoms. The molecule has 1 unspecified atom stereocenters. The maximum Gasteiger partial charge on any atom is 0.323 e. The molecule has 0 radical (unpaired) electrons. The first kappa shape index (κ1) is 22.3. The van der Waals surface area contributed by atoms with Gasteiger partial charge in [-0.2, -0.15) is 8.42 Å². The van der Waals surface area contributed by atoms with Crippen molar-refractivity contribution >= 4 is 39.3 Å². The molecule has 1 aromatic carbocycles. The second-order valence-electron chi connectivity index (χ2n) is 7.27. The number of hydrogen-bond donors (Lipinski definition) is 1. The molecule has 8 nitrogen and oxygen atoms in total. The van der Waals surface area contributed by atoms with Crippen LogP contribution in [-0.4, -0.2) is 56.5 Å². The summed E-state index contributed by atoms with van der Waals surface area (Å²) in [6.45, 7) is 4.71. The molecule has 1 saturated heterocycles. The molecule has 3 rings (SSSR count). The average molecular weight is 453 g/mol. The fraction of sp³-hybridized carbons (Fsp3) is 0.400. The van der Waals surface area contributed by atoms with Gasteiger partial charge in [0.25, 0.3) is 10.1 Å². The predicted molar refractivity (Wildman–Crippen MR) is 117 cm³/mol. The lowest BCUT2D eigenvalue weighted by molar-refractivity contribution is 0.194. The van der Waals surface area contributed by atoms with Crippen LogP contribution in [0.2, 0.25) is 5.02 Å². The molecule has 162 valence electrons. The Morgan fingerprint density at radius 3 is 2.53 bits per heavy atom. The molecule has 1 fully saturated rings. The minimum absolute atomic E-state index is 0.00733. The van der Waals surface area contributed by atoms with E-state index in [1.54, 1.807) is 35.4 Å². The Morgan fingerprint density at radius 2 is 1.93 bits per heavy atom. The zero-order valence-electron chi connectivity index (χ0n) is 17.1. The first-order valence-electron chi connectivity index (χ1n) is 9.55. The summed E-state index contributed by atoms with van der Waals surface area (Å²) in [4.78, 5) is 20.2. The predicted octanol–water partition coefficient (Wildman–Crippen LogP) is 3.51. The van der Waals surface area contributed by atoms with E-state index in [4.69, 9.17) is 15.8 Å². The minimum atomic E-state index is -4.03. The maximum absolute atomic E-state index is 12.9. The van der Waals surface area contributed by atoms with E-state index in [-0.39, 0.29) is 13.1 Å². The largest absolute Gasteiger partial charge is 0.350 e. The highest BCUT2D eigenvalue weighted by atomic mass is 35.5. The van der Waals surface area contributed by atoms with Crippen LogP contribution in [0.1, 0.15) is 25.3 Å². The van der Waals surface area contributed by atoms with Crippen LogP contribution in [0.3, 0.4) is 0 Å². The van der Waals surface area contributed by atoms with Crippen molar-refractivity contribution in [1.82, 2.24) is 9.88 Å². The smallest absolute Gasteiger partial charge is 0.323 e. The third-order valence-corrected chi connectivity index (χ3v) is 6.86. The Balaban J connectivity index is 1.81. The second kappa shape index (κ2) is 9.20.